The van der Waals surface area contributed by atoms with Crippen molar-refractivity contribution in [2.75, 3.05) is 11.4 Å². The Bertz CT molecular complexity index is 714. The first-order valence-corrected chi connectivity index (χ1v) is 7.76. The number of carbonyl (C=O) groups excluding carboxylic acids is 1. The lowest BCUT2D eigenvalue weighted by molar-refractivity contribution is 0.0983. The Labute approximate surface area is 133 Å². The minimum Gasteiger partial charge on any atom is -0.307 e. The van der Waals surface area contributed by atoms with E-state index in [-0.39, 0.29) is 5.91 Å². The molecule has 0 fully saturated rings. The molecule has 0 atom stereocenters. The van der Waals surface area contributed by atoms with Crippen LogP contribution in [0.5, 0.6) is 0 Å². The number of benzene rings is 2. The zero-order valence-corrected chi connectivity index (χ0v) is 12.7. The molecule has 110 valence electrons. The average Bonchev–Trinajstić information content (AvgIpc) is 3.11. The smallest absolute Gasteiger partial charge is 0.279 e. The molecule has 0 bridgehead atoms. The summed E-state index contributed by atoms with van der Waals surface area (Å²) in [7, 11) is 0. The molecule has 4 nitrogen and oxygen atoms in total. The third kappa shape index (κ3) is 3.38. The second kappa shape index (κ2) is 6.95. The molecule has 0 N–H and O–H groups in total. The van der Waals surface area contributed by atoms with Gasteiger partial charge in [-0.2, -0.15) is 8.75 Å². The quantitative estimate of drug-likeness (QED) is 0.725. The fourth-order valence-electron chi connectivity index (χ4n) is 2.24. The maximum atomic E-state index is 12.7. The molecule has 22 heavy (non-hydrogen) atoms. The lowest BCUT2D eigenvalue weighted by atomic mass is 10.1. The summed E-state index contributed by atoms with van der Waals surface area (Å²) in [5.41, 5.74) is 2.46. The van der Waals surface area contributed by atoms with Gasteiger partial charge in [-0.05, 0) is 24.1 Å². The fourth-order valence-corrected chi connectivity index (χ4v) is 2.65. The van der Waals surface area contributed by atoms with Gasteiger partial charge in [0.2, 0.25) is 0 Å². The number of hydrogen-bond acceptors (Lipinski definition) is 4. The largest absolute Gasteiger partial charge is 0.307 e. The number of carbonyl (C=O) groups is 1. The van der Waals surface area contributed by atoms with Crippen LogP contribution in [0, 0.1) is 0 Å². The van der Waals surface area contributed by atoms with Crippen molar-refractivity contribution in [1.29, 1.82) is 0 Å². The van der Waals surface area contributed by atoms with Crippen LogP contribution >= 0.6 is 11.7 Å². The Morgan fingerprint density at radius 2 is 1.68 bits per heavy atom. The molecule has 0 radical (unpaired) electrons. The number of aromatic nitrogens is 2. The third-order valence-electron chi connectivity index (χ3n) is 3.36. The minimum absolute atomic E-state index is 0.115. The van der Waals surface area contributed by atoms with Gasteiger partial charge < -0.3 is 4.90 Å². The van der Waals surface area contributed by atoms with Gasteiger partial charge in [-0.15, -0.1) is 0 Å². The van der Waals surface area contributed by atoms with E-state index in [1.54, 1.807) is 4.90 Å². The van der Waals surface area contributed by atoms with Crippen molar-refractivity contribution in [3.8, 4) is 0 Å². The molecule has 1 heterocycles. The lowest BCUT2D eigenvalue weighted by Gasteiger charge is -2.22. The van der Waals surface area contributed by atoms with Crippen molar-refractivity contribution >= 4 is 23.3 Å². The topological polar surface area (TPSA) is 46.1 Å². The predicted octanol–water partition coefficient (Wildman–Crippen LogP) is 3.43. The maximum Gasteiger partial charge on any atom is 0.279 e. The summed E-state index contributed by atoms with van der Waals surface area (Å²) in [6.45, 7) is 0.602. The van der Waals surface area contributed by atoms with Gasteiger partial charge >= 0.3 is 0 Å². The number of amides is 1. The van der Waals surface area contributed by atoms with E-state index in [0.29, 0.717) is 12.2 Å². The van der Waals surface area contributed by atoms with Crippen molar-refractivity contribution in [3.05, 3.63) is 78.1 Å². The first-order valence-electron chi connectivity index (χ1n) is 7.03. The molecule has 0 spiro atoms. The average molecular weight is 309 g/mol. The Hall–Kier alpha value is -2.53. The zero-order chi connectivity index (χ0) is 15.2. The van der Waals surface area contributed by atoms with E-state index in [9.17, 15) is 4.79 Å². The van der Waals surface area contributed by atoms with E-state index in [0.717, 1.165) is 23.8 Å². The van der Waals surface area contributed by atoms with Crippen LogP contribution in [0.3, 0.4) is 0 Å². The normalized spacial score (nSPS) is 10.4. The summed E-state index contributed by atoms with van der Waals surface area (Å²) in [5.74, 6) is -0.115. The highest BCUT2D eigenvalue weighted by molar-refractivity contribution is 6.99. The molecule has 0 saturated carbocycles. The Balaban J connectivity index is 1.82. The van der Waals surface area contributed by atoms with E-state index >= 15 is 0 Å². The van der Waals surface area contributed by atoms with E-state index < -0.39 is 0 Å². The van der Waals surface area contributed by atoms with Gasteiger partial charge in [0, 0.05) is 12.2 Å². The summed E-state index contributed by atoms with van der Waals surface area (Å²) in [6, 6.07) is 19.8. The van der Waals surface area contributed by atoms with Crippen molar-refractivity contribution in [1.82, 2.24) is 8.75 Å². The number of para-hydroxylation sites is 1. The van der Waals surface area contributed by atoms with Gasteiger partial charge in [0.15, 0.2) is 5.69 Å². The van der Waals surface area contributed by atoms with Gasteiger partial charge in [-0.25, -0.2) is 0 Å². The number of hydrogen-bond donors (Lipinski definition) is 0. The molecule has 0 saturated heterocycles. The second-order valence-electron chi connectivity index (χ2n) is 4.82. The van der Waals surface area contributed by atoms with Crippen molar-refractivity contribution in [2.45, 2.75) is 6.42 Å². The number of nitrogens with zero attached hydrogens (tertiary/aromatic N) is 3. The van der Waals surface area contributed by atoms with Gasteiger partial charge in [-0.1, -0.05) is 48.5 Å². The fraction of sp³-hybridized carbons (Fsp3) is 0.118. The predicted molar refractivity (Wildman–Crippen MR) is 88.2 cm³/mol. The van der Waals surface area contributed by atoms with E-state index in [1.165, 1.54) is 11.8 Å². The van der Waals surface area contributed by atoms with Crippen LogP contribution in [-0.2, 0) is 6.42 Å². The van der Waals surface area contributed by atoms with E-state index in [2.05, 4.69) is 20.9 Å². The van der Waals surface area contributed by atoms with E-state index in [1.807, 2.05) is 48.5 Å². The molecule has 1 amide bonds. The Morgan fingerprint density at radius 3 is 2.32 bits per heavy atom. The molecule has 3 rings (SSSR count). The monoisotopic (exact) mass is 309 g/mol. The Morgan fingerprint density at radius 1 is 1.00 bits per heavy atom. The summed E-state index contributed by atoms with van der Waals surface area (Å²) in [5, 5.41) is 0. The van der Waals surface area contributed by atoms with Crippen LogP contribution in [0.4, 0.5) is 5.69 Å². The summed E-state index contributed by atoms with van der Waals surface area (Å²) in [6.07, 6.45) is 2.31. The molecule has 0 unspecified atom stereocenters. The molecule has 0 aliphatic carbocycles. The number of rotatable bonds is 5. The number of anilines is 1. The standard InChI is InChI=1S/C17H15N3OS/c21-17(16-13-18-22-19-16)20(15-9-5-2-6-10-15)12-11-14-7-3-1-4-8-14/h1-10,13H,11-12H2. The van der Waals surface area contributed by atoms with Gasteiger partial charge in [0.05, 0.1) is 17.9 Å². The Kier molecular flexibility index (Phi) is 4.56. The van der Waals surface area contributed by atoms with Crippen LogP contribution in [-0.4, -0.2) is 21.2 Å². The third-order valence-corrected chi connectivity index (χ3v) is 3.84. The van der Waals surface area contributed by atoms with Crippen LogP contribution in [0.25, 0.3) is 0 Å². The molecule has 2 aromatic carbocycles. The maximum absolute atomic E-state index is 12.7. The molecule has 0 aliphatic rings. The second-order valence-corrected chi connectivity index (χ2v) is 5.38. The van der Waals surface area contributed by atoms with Crippen molar-refractivity contribution in [3.63, 3.8) is 0 Å². The molecule has 0 aliphatic heterocycles. The van der Waals surface area contributed by atoms with E-state index in [4.69, 9.17) is 0 Å². The van der Waals surface area contributed by atoms with Crippen molar-refractivity contribution in [2.24, 2.45) is 0 Å². The molecule has 3 aromatic rings. The summed E-state index contributed by atoms with van der Waals surface area (Å²) >= 11 is 1.05. The molecular weight excluding hydrogens is 294 g/mol. The summed E-state index contributed by atoms with van der Waals surface area (Å²) in [4.78, 5) is 14.4. The highest BCUT2D eigenvalue weighted by atomic mass is 32.1. The van der Waals surface area contributed by atoms with Crippen LogP contribution in [0.1, 0.15) is 16.1 Å². The van der Waals surface area contributed by atoms with Crippen molar-refractivity contribution < 1.29 is 4.79 Å². The highest BCUT2D eigenvalue weighted by Crippen LogP contribution is 2.17. The molecular formula is C17H15N3OS. The first-order chi connectivity index (χ1) is 10.8. The van der Waals surface area contributed by atoms with Gasteiger partial charge in [-0.3, -0.25) is 4.79 Å². The zero-order valence-electron chi connectivity index (χ0n) is 11.9. The minimum atomic E-state index is -0.115. The van der Waals surface area contributed by atoms with Gasteiger partial charge in [0.1, 0.15) is 0 Å². The SMILES string of the molecule is O=C(c1cnsn1)N(CCc1ccccc1)c1ccccc1. The first kappa shape index (κ1) is 14.4. The van der Waals surface area contributed by atoms with Crippen LogP contribution in [0.15, 0.2) is 66.9 Å². The van der Waals surface area contributed by atoms with Crippen LogP contribution < -0.4 is 4.90 Å². The molecule has 1 aromatic heterocycles. The lowest BCUT2D eigenvalue weighted by Crippen LogP contribution is -2.33. The molecule has 5 heteroatoms. The highest BCUT2D eigenvalue weighted by Gasteiger charge is 2.19. The van der Waals surface area contributed by atoms with Gasteiger partial charge in [0.25, 0.3) is 5.91 Å². The van der Waals surface area contributed by atoms with Crippen LogP contribution in [0.2, 0.25) is 0 Å². The summed E-state index contributed by atoms with van der Waals surface area (Å²) < 4.78 is 7.98.